The number of rotatable bonds is 68. The Hall–Kier alpha value is -2.89. The van der Waals surface area contributed by atoms with E-state index >= 15 is 0 Å². The van der Waals surface area contributed by atoms with Crippen LogP contribution in [0, 0.1) is 0 Å². The Balaban J connectivity index is 4.30. The maximum Gasteiger partial charge on any atom is 0.306 e. The van der Waals surface area contributed by atoms with Crippen molar-refractivity contribution in [2.75, 3.05) is 13.2 Å². The highest BCUT2D eigenvalue weighted by Crippen LogP contribution is 2.18. The van der Waals surface area contributed by atoms with E-state index in [1.165, 1.54) is 263 Å². The Kier molecular flexibility index (Phi) is 69.1. The van der Waals surface area contributed by atoms with Crippen LogP contribution in [0.15, 0.2) is 60.8 Å². The predicted octanol–water partition coefficient (Wildman–Crippen LogP) is 25.5. The first-order chi connectivity index (χ1) is 41.0. The molecule has 0 aliphatic rings. The van der Waals surface area contributed by atoms with Crippen molar-refractivity contribution in [1.29, 1.82) is 0 Å². The van der Waals surface area contributed by atoms with Gasteiger partial charge in [-0.1, -0.05) is 345 Å². The molecule has 0 aliphatic carbocycles. The van der Waals surface area contributed by atoms with Crippen LogP contribution in [0.2, 0.25) is 0 Å². The first-order valence-electron chi connectivity index (χ1n) is 36.8. The lowest BCUT2D eigenvalue weighted by molar-refractivity contribution is -0.167. The number of carbonyl (C=O) groups is 3. The largest absolute Gasteiger partial charge is 0.462 e. The molecule has 0 aromatic rings. The fourth-order valence-corrected chi connectivity index (χ4v) is 11.0. The number of ether oxygens (including phenoxy) is 3. The average molecular weight is 1160 g/mol. The summed E-state index contributed by atoms with van der Waals surface area (Å²) in [6.07, 6.45) is 92.5. The lowest BCUT2D eigenvalue weighted by Gasteiger charge is -2.18. The zero-order valence-electron chi connectivity index (χ0n) is 55.7. The van der Waals surface area contributed by atoms with Crippen LogP contribution in [0.3, 0.4) is 0 Å². The van der Waals surface area contributed by atoms with Crippen LogP contribution in [0.1, 0.15) is 393 Å². The second-order valence-electron chi connectivity index (χ2n) is 24.9. The molecule has 0 saturated heterocycles. The molecule has 0 aliphatic heterocycles. The van der Waals surface area contributed by atoms with Gasteiger partial charge in [-0.05, 0) is 89.9 Å². The van der Waals surface area contributed by atoms with Crippen molar-refractivity contribution in [3.63, 3.8) is 0 Å². The Morgan fingerprint density at radius 1 is 0.241 bits per heavy atom. The van der Waals surface area contributed by atoms with E-state index in [0.29, 0.717) is 19.3 Å². The summed E-state index contributed by atoms with van der Waals surface area (Å²) in [5.41, 5.74) is 0. The SMILES string of the molecule is CCCCCC/C=C\C/C=C\CCCCCCCC(=O)OCC(COC(=O)CCCCCCCCCCCCCC/C=C\C/C=C\C/C=C\CCCCCCC)OC(=O)CCCCCCCCCCCCCCCCCCCCCCCC. The second kappa shape index (κ2) is 71.6. The summed E-state index contributed by atoms with van der Waals surface area (Å²) in [6.45, 7) is 6.67. The number of hydrogen-bond donors (Lipinski definition) is 0. The summed E-state index contributed by atoms with van der Waals surface area (Å²) in [7, 11) is 0. The van der Waals surface area contributed by atoms with Crippen molar-refractivity contribution >= 4 is 17.9 Å². The third-order valence-corrected chi connectivity index (χ3v) is 16.5. The molecule has 0 saturated carbocycles. The molecule has 0 N–H and O–H groups in total. The molecule has 0 fully saturated rings. The maximum absolute atomic E-state index is 13.0. The molecule has 484 valence electrons. The number of hydrogen-bond acceptors (Lipinski definition) is 6. The van der Waals surface area contributed by atoms with E-state index in [2.05, 4.69) is 81.5 Å². The normalized spacial score (nSPS) is 12.4. The minimum Gasteiger partial charge on any atom is -0.462 e. The van der Waals surface area contributed by atoms with Crippen LogP contribution < -0.4 is 0 Å². The van der Waals surface area contributed by atoms with Gasteiger partial charge in [-0.25, -0.2) is 0 Å². The van der Waals surface area contributed by atoms with Crippen LogP contribution in [0.4, 0.5) is 0 Å². The smallest absolute Gasteiger partial charge is 0.306 e. The minimum absolute atomic E-state index is 0.0757. The van der Waals surface area contributed by atoms with Crippen LogP contribution in [0.5, 0.6) is 0 Å². The number of esters is 3. The lowest BCUT2D eigenvalue weighted by atomic mass is 10.0. The maximum atomic E-state index is 13.0. The standard InChI is InChI=1S/C77H140O6/c1-4-7-10-13-16-19-22-25-28-31-33-35-37-38-39-40-41-43-44-46-49-52-55-58-61-64-67-70-76(79)82-73-74(72-81-75(78)69-66-63-60-57-54-51-48-30-27-24-21-18-15-12-9-6-3)83-77(80)71-68-65-62-59-56-53-50-47-45-42-36-34-32-29-26-23-20-17-14-11-8-5-2/h21-22,24-25,30-31,33,37-38,48,74H,4-20,23,26-29,32,34-36,39-47,49-73H2,1-3H3/b24-21-,25-22-,33-31-,38-37-,48-30-. The highest BCUT2D eigenvalue weighted by molar-refractivity contribution is 5.71. The third-order valence-electron chi connectivity index (χ3n) is 16.5. The first kappa shape index (κ1) is 80.1. The van der Waals surface area contributed by atoms with Gasteiger partial charge in [0.15, 0.2) is 6.10 Å². The second-order valence-corrected chi connectivity index (χ2v) is 24.9. The molecule has 1 unspecified atom stereocenters. The predicted molar refractivity (Wildman–Crippen MR) is 362 cm³/mol. The minimum atomic E-state index is -0.781. The van der Waals surface area contributed by atoms with E-state index in [1.54, 1.807) is 0 Å². The van der Waals surface area contributed by atoms with E-state index in [0.717, 1.165) is 89.9 Å². The fourth-order valence-electron chi connectivity index (χ4n) is 11.0. The monoisotopic (exact) mass is 1160 g/mol. The molecule has 6 heteroatoms. The summed E-state index contributed by atoms with van der Waals surface area (Å²) in [5.74, 6) is -0.864. The molecular formula is C77H140O6. The molecule has 1 atom stereocenters. The van der Waals surface area contributed by atoms with Crippen LogP contribution >= 0.6 is 0 Å². The summed E-state index contributed by atoms with van der Waals surface area (Å²) in [5, 5.41) is 0. The van der Waals surface area contributed by atoms with Crippen LogP contribution in [-0.4, -0.2) is 37.2 Å². The first-order valence-corrected chi connectivity index (χ1v) is 36.8. The number of unbranched alkanes of at least 4 members (excludes halogenated alkanes) is 47. The van der Waals surface area contributed by atoms with Crippen molar-refractivity contribution < 1.29 is 28.6 Å². The molecule has 0 spiro atoms. The molecular weight excluding hydrogens is 1020 g/mol. The fraction of sp³-hybridized carbons (Fsp3) is 0.831. The van der Waals surface area contributed by atoms with E-state index in [1.807, 2.05) is 0 Å². The third kappa shape index (κ3) is 69.8. The summed E-state index contributed by atoms with van der Waals surface area (Å²) in [4.78, 5) is 38.5. The van der Waals surface area contributed by atoms with Gasteiger partial charge in [0.05, 0.1) is 0 Å². The molecule has 0 bridgehead atoms. The van der Waals surface area contributed by atoms with Gasteiger partial charge in [0.25, 0.3) is 0 Å². The van der Waals surface area contributed by atoms with Gasteiger partial charge in [0, 0.05) is 19.3 Å². The van der Waals surface area contributed by atoms with Gasteiger partial charge >= 0.3 is 17.9 Å². The molecule has 0 aromatic heterocycles. The van der Waals surface area contributed by atoms with Crippen molar-refractivity contribution in [3.8, 4) is 0 Å². The van der Waals surface area contributed by atoms with Crippen LogP contribution in [0.25, 0.3) is 0 Å². The van der Waals surface area contributed by atoms with Gasteiger partial charge in [-0.3, -0.25) is 14.4 Å². The Labute approximate surface area is 517 Å². The lowest BCUT2D eigenvalue weighted by Crippen LogP contribution is -2.30. The van der Waals surface area contributed by atoms with Crippen LogP contribution in [-0.2, 0) is 28.6 Å². The Morgan fingerprint density at radius 3 is 0.687 bits per heavy atom. The Morgan fingerprint density at radius 2 is 0.434 bits per heavy atom. The molecule has 0 aromatic carbocycles. The number of allylic oxidation sites excluding steroid dienone is 10. The zero-order valence-corrected chi connectivity index (χ0v) is 55.7. The van der Waals surface area contributed by atoms with E-state index in [9.17, 15) is 14.4 Å². The zero-order chi connectivity index (χ0) is 59.9. The van der Waals surface area contributed by atoms with E-state index in [4.69, 9.17) is 14.2 Å². The van der Waals surface area contributed by atoms with Gasteiger partial charge < -0.3 is 14.2 Å². The summed E-state index contributed by atoms with van der Waals surface area (Å²) < 4.78 is 17.0. The van der Waals surface area contributed by atoms with Crippen molar-refractivity contribution in [2.24, 2.45) is 0 Å². The molecule has 6 nitrogen and oxygen atoms in total. The van der Waals surface area contributed by atoms with Gasteiger partial charge in [-0.15, -0.1) is 0 Å². The van der Waals surface area contributed by atoms with E-state index in [-0.39, 0.29) is 31.1 Å². The molecule has 0 radical (unpaired) electrons. The van der Waals surface area contributed by atoms with Gasteiger partial charge in [-0.2, -0.15) is 0 Å². The summed E-state index contributed by atoms with van der Waals surface area (Å²) in [6, 6.07) is 0. The highest BCUT2D eigenvalue weighted by Gasteiger charge is 2.19. The van der Waals surface area contributed by atoms with Crippen molar-refractivity contribution in [2.45, 2.75) is 399 Å². The van der Waals surface area contributed by atoms with Gasteiger partial charge in [0.2, 0.25) is 0 Å². The summed E-state index contributed by atoms with van der Waals surface area (Å²) >= 11 is 0. The van der Waals surface area contributed by atoms with Crippen molar-refractivity contribution in [3.05, 3.63) is 60.8 Å². The molecule has 0 amide bonds. The van der Waals surface area contributed by atoms with Gasteiger partial charge in [0.1, 0.15) is 13.2 Å². The molecule has 83 heavy (non-hydrogen) atoms. The van der Waals surface area contributed by atoms with E-state index < -0.39 is 6.10 Å². The topological polar surface area (TPSA) is 78.9 Å². The molecule has 0 rings (SSSR count). The van der Waals surface area contributed by atoms with Crippen molar-refractivity contribution in [1.82, 2.24) is 0 Å². The quantitative estimate of drug-likeness (QED) is 0.0261. The highest BCUT2D eigenvalue weighted by atomic mass is 16.6. The average Bonchev–Trinajstić information content (AvgIpc) is 3.50. The molecule has 0 heterocycles. The number of carbonyl (C=O) groups excluding carboxylic acids is 3. The Bertz CT molecular complexity index is 1470.